The fourth-order valence-electron chi connectivity index (χ4n) is 1.79. The van der Waals surface area contributed by atoms with Crippen LogP contribution >= 0.6 is 12.4 Å². The highest BCUT2D eigenvalue weighted by atomic mass is 35.5. The molecule has 0 saturated heterocycles. The fraction of sp³-hybridized carbons (Fsp3) is 0.200. The molecule has 0 atom stereocenters. The average molecular weight is 309 g/mol. The van der Waals surface area contributed by atoms with Gasteiger partial charge in [-0.05, 0) is 30.3 Å². The summed E-state index contributed by atoms with van der Waals surface area (Å²) in [6.07, 6.45) is 3.15. The van der Waals surface area contributed by atoms with E-state index in [9.17, 15) is 4.79 Å². The van der Waals surface area contributed by atoms with Gasteiger partial charge in [0.05, 0.1) is 19.8 Å². The highest BCUT2D eigenvalue weighted by molar-refractivity contribution is 5.93. The molecule has 1 aromatic heterocycles. The van der Waals surface area contributed by atoms with Crippen LogP contribution in [0.25, 0.3) is 0 Å². The Kier molecular flexibility index (Phi) is 6.49. The normalized spacial score (nSPS) is 9.43. The molecule has 2 aromatic rings. The van der Waals surface area contributed by atoms with Crippen LogP contribution in [0.5, 0.6) is 11.5 Å². The van der Waals surface area contributed by atoms with Gasteiger partial charge in [-0.25, -0.2) is 0 Å². The molecule has 0 aliphatic carbocycles. The van der Waals surface area contributed by atoms with Crippen LogP contribution in [0.2, 0.25) is 0 Å². The summed E-state index contributed by atoms with van der Waals surface area (Å²) in [5.74, 6) is 1.25. The molecule has 0 fully saturated rings. The summed E-state index contributed by atoms with van der Waals surface area (Å²) in [5.41, 5.74) is 1.37. The molecule has 0 saturated carbocycles. The number of nitrogens with one attached hydrogen (secondary N) is 1. The zero-order valence-electron chi connectivity index (χ0n) is 11.8. The van der Waals surface area contributed by atoms with Gasteiger partial charge >= 0.3 is 0 Å². The van der Waals surface area contributed by atoms with Crippen molar-refractivity contribution in [3.63, 3.8) is 0 Å². The van der Waals surface area contributed by atoms with E-state index in [2.05, 4.69) is 10.3 Å². The number of ether oxygens (including phenoxy) is 2. The summed E-state index contributed by atoms with van der Waals surface area (Å²) < 4.78 is 10.4. The number of aromatic nitrogens is 1. The summed E-state index contributed by atoms with van der Waals surface area (Å²) >= 11 is 0. The number of rotatable bonds is 5. The zero-order chi connectivity index (χ0) is 14.4. The largest absolute Gasteiger partial charge is 0.497 e. The Morgan fingerprint density at radius 1 is 1.24 bits per heavy atom. The van der Waals surface area contributed by atoms with E-state index < -0.39 is 0 Å². The lowest BCUT2D eigenvalue weighted by Crippen LogP contribution is -2.23. The van der Waals surface area contributed by atoms with E-state index in [-0.39, 0.29) is 18.3 Å². The van der Waals surface area contributed by atoms with Crippen LogP contribution in [0.1, 0.15) is 15.9 Å². The Morgan fingerprint density at radius 3 is 2.67 bits per heavy atom. The van der Waals surface area contributed by atoms with Gasteiger partial charge in [0.1, 0.15) is 11.5 Å². The van der Waals surface area contributed by atoms with Crippen molar-refractivity contribution in [2.24, 2.45) is 0 Å². The highest BCUT2D eigenvalue weighted by Crippen LogP contribution is 2.23. The van der Waals surface area contributed by atoms with Gasteiger partial charge in [-0.2, -0.15) is 0 Å². The molecular formula is C15H17ClN2O3. The van der Waals surface area contributed by atoms with Crippen LogP contribution < -0.4 is 14.8 Å². The highest BCUT2D eigenvalue weighted by Gasteiger charge is 2.08. The van der Waals surface area contributed by atoms with E-state index in [1.807, 2.05) is 18.2 Å². The number of halogens is 1. The first-order valence-electron chi connectivity index (χ1n) is 6.13. The maximum atomic E-state index is 11.9. The minimum atomic E-state index is -0.178. The number of carbonyl (C=O) groups excluding carboxylic acids is 1. The number of hydrogen-bond donors (Lipinski definition) is 1. The maximum absolute atomic E-state index is 11.9. The summed E-state index contributed by atoms with van der Waals surface area (Å²) in [6.45, 7) is 0.355. The molecule has 112 valence electrons. The zero-order valence-corrected chi connectivity index (χ0v) is 12.6. The van der Waals surface area contributed by atoms with Crippen molar-refractivity contribution < 1.29 is 14.3 Å². The van der Waals surface area contributed by atoms with E-state index in [0.717, 1.165) is 11.3 Å². The minimum Gasteiger partial charge on any atom is -0.497 e. The van der Waals surface area contributed by atoms with Crippen molar-refractivity contribution in [3.05, 3.63) is 53.9 Å². The molecule has 1 amide bonds. The molecule has 0 radical (unpaired) electrons. The lowest BCUT2D eigenvalue weighted by molar-refractivity contribution is 0.0950. The van der Waals surface area contributed by atoms with Gasteiger partial charge in [-0.15, -0.1) is 12.4 Å². The number of hydrogen-bond acceptors (Lipinski definition) is 4. The van der Waals surface area contributed by atoms with Crippen molar-refractivity contribution in [2.75, 3.05) is 14.2 Å². The maximum Gasteiger partial charge on any atom is 0.253 e. The van der Waals surface area contributed by atoms with Gasteiger partial charge in [0.15, 0.2) is 0 Å². The van der Waals surface area contributed by atoms with E-state index >= 15 is 0 Å². The van der Waals surface area contributed by atoms with Gasteiger partial charge in [0.2, 0.25) is 0 Å². The average Bonchev–Trinajstić information content (AvgIpc) is 2.53. The first kappa shape index (κ1) is 16.8. The Hall–Kier alpha value is -2.27. The first-order chi connectivity index (χ1) is 9.74. The third kappa shape index (κ3) is 4.36. The number of carbonyl (C=O) groups is 1. The Labute approximate surface area is 129 Å². The van der Waals surface area contributed by atoms with Crippen molar-refractivity contribution in [3.8, 4) is 11.5 Å². The third-order valence-electron chi connectivity index (χ3n) is 2.85. The molecule has 0 aliphatic rings. The van der Waals surface area contributed by atoms with Crippen LogP contribution in [-0.4, -0.2) is 25.1 Å². The molecular weight excluding hydrogens is 292 g/mol. The van der Waals surface area contributed by atoms with Crippen LogP contribution in [0.15, 0.2) is 42.7 Å². The number of methoxy groups -OCH3 is 2. The van der Waals surface area contributed by atoms with Crippen molar-refractivity contribution in [1.82, 2.24) is 10.3 Å². The Morgan fingerprint density at radius 2 is 2.05 bits per heavy atom. The van der Waals surface area contributed by atoms with E-state index in [1.165, 1.54) is 6.20 Å². The van der Waals surface area contributed by atoms with E-state index in [0.29, 0.717) is 17.9 Å². The quantitative estimate of drug-likeness (QED) is 0.921. The second-order valence-corrected chi connectivity index (χ2v) is 4.10. The van der Waals surface area contributed by atoms with E-state index in [4.69, 9.17) is 9.47 Å². The van der Waals surface area contributed by atoms with Crippen LogP contribution in [0, 0.1) is 0 Å². The molecule has 0 aliphatic heterocycles. The van der Waals surface area contributed by atoms with E-state index in [1.54, 1.807) is 32.5 Å². The Balaban J connectivity index is 0.00000220. The van der Waals surface area contributed by atoms with Gasteiger partial charge in [0.25, 0.3) is 5.91 Å². The lowest BCUT2D eigenvalue weighted by Gasteiger charge is -2.11. The smallest absolute Gasteiger partial charge is 0.253 e. The molecule has 1 heterocycles. The van der Waals surface area contributed by atoms with Gasteiger partial charge in [0, 0.05) is 24.5 Å². The molecule has 21 heavy (non-hydrogen) atoms. The standard InChI is InChI=1S/C15H16N2O3.ClH/c1-19-13-5-6-14(20-2)12(8-13)10-17-15(18)11-4-3-7-16-9-11;/h3-9H,10H2,1-2H3,(H,17,18);1H. The second kappa shape index (κ2) is 8.11. The summed E-state index contributed by atoms with van der Waals surface area (Å²) in [7, 11) is 3.19. The number of nitrogens with zero attached hydrogens (tertiary/aromatic N) is 1. The molecule has 0 bridgehead atoms. The number of benzene rings is 1. The third-order valence-corrected chi connectivity index (χ3v) is 2.85. The molecule has 6 heteroatoms. The molecule has 5 nitrogen and oxygen atoms in total. The van der Waals surface area contributed by atoms with Crippen molar-refractivity contribution >= 4 is 18.3 Å². The van der Waals surface area contributed by atoms with Crippen LogP contribution in [0.4, 0.5) is 0 Å². The molecule has 0 unspecified atom stereocenters. The second-order valence-electron chi connectivity index (χ2n) is 4.10. The number of pyridine rings is 1. The molecule has 1 N–H and O–H groups in total. The summed E-state index contributed by atoms with van der Waals surface area (Å²) in [6, 6.07) is 8.89. The van der Waals surface area contributed by atoms with Crippen molar-refractivity contribution in [2.45, 2.75) is 6.54 Å². The number of amides is 1. The minimum absolute atomic E-state index is 0. The predicted molar refractivity (Wildman–Crippen MR) is 82.2 cm³/mol. The summed E-state index contributed by atoms with van der Waals surface area (Å²) in [5, 5.41) is 2.83. The Bertz CT molecular complexity index is 591. The van der Waals surface area contributed by atoms with Gasteiger partial charge < -0.3 is 14.8 Å². The van der Waals surface area contributed by atoms with Crippen LogP contribution in [-0.2, 0) is 6.54 Å². The molecule has 1 aromatic carbocycles. The van der Waals surface area contributed by atoms with Crippen LogP contribution in [0.3, 0.4) is 0 Å². The summed E-state index contributed by atoms with van der Waals surface area (Å²) in [4.78, 5) is 15.9. The van der Waals surface area contributed by atoms with Gasteiger partial charge in [-0.1, -0.05) is 0 Å². The lowest BCUT2D eigenvalue weighted by atomic mass is 10.1. The topological polar surface area (TPSA) is 60.5 Å². The monoisotopic (exact) mass is 308 g/mol. The predicted octanol–water partition coefficient (Wildman–Crippen LogP) is 2.45. The SMILES string of the molecule is COc1ccc(OC)c(CNC(=O)c2cccnc2)c1.Cl. The first-order valence-corrected chi connectivity index (χ1v) is 6.13. The molecule has 0 spiro atoms. The van der Waals surface area contributed by atoms with Gasteiger partial charge in [-0.3, -0.25) is 9.78 Å². The van der Waals surface area contributed by atoms with Crippen molar-refractivity contribution in [1.29, 1.82) is 0 Å². The molecule has 2 rings (SSSR count). The fourth-order valence-corrected chi connectivity index (χ4v) is 1.79.